The van der Waals surface area contributed by atoms with Gasteiger partial charge in [0.15, 0.2) is 0 Å². The van der Waals surface area contributed by atoms with Crippen molar-refractivity contribution in [2.24, 2.45) is 0 Å². The Morgan fingerprint density at radius 3 is 2.62 bits per heavy atom. The number of benzene rings is 1. The maximum atomic E-state index is 11.9. The lowest BCUT2D eigenvalue weighted by Crippen LogP contribution is -2.39. The van der Waals surface area contributed by atoms with Crippen LogP contribution in [0.4, 0.5) is 0 Å². The number of carbonyl (C=O) groups is 1. The minimum atomic E-state index is -3.90. The quantitative estimate of drug-likeness (QED) is 0.588. The van der Waals surface area contributed by atoms with Gasteiger partial charge in [-0.15, -0.1) is 0 Å². The Morgan fingerprint density at radius 1 is 1.31 bits per heavy atom. The first kappa shape index (κ1) is 19.7. The minimum absolute atomic E-state index is 0.225. The molecule has 0 saturated heterocycles. The minimum Gasteiger partial charge on any atom is -0.316 e. The maximum Gasteiger partial charge on any atom is 0.301 e. The van der Waals surface area contributed by atoms with E-state index in [4.69, 9.17) is 0 Å². The van der Waals surface area contributed by atoms with Crippen molar-refractivity contribution in [3.8, 4) is 6.07 Å². The molecule has 1 aromatic carbocycles. The van der Waals surface area contributed by atoms with Crippen molar-refractivity contribution in [1.29, 1.82) is 5.26 Å². The van der Waals surface area contributed by atoms with Gasteiger partial charge < -0.3 is 4.98 Å². The summed E-state index contributed by atoms with van der Waals surface area (Å²) in [6.07, 6.45) is 0.390. The summed E-state index contributed by atoms with van der Waals surface area (Å²) in [6, 6.07) is 12.7. The molecule has 0 spiro atoms. The number of hydrogen-bond donors (Lipinski definition) is 3. The van der Waals surface area contributed by atoms with Crippen LogP contribution >= 0.6 is 11.8 Å². The predicted molar refractivity (Wildman–Crippen MR) is 97.9 cm³/mol. The van der Waals surface area contributed by atoms with E-state index in [1.807, 2.05) is 45.8 Å². The van der Waals surface area contributed by atoms with E-state index in [0.29, 0.717) is 12.0 Å². The number of aromatic nitrogens is 1. The number of nitriles is 1. The highest BCUT2D eigenvalue weighted by Gasteiger charge is 2.16. The highest BCUT2D eigenvalue weighted by molar-refractivity contribution is 8.00. The largest absolute Gasteiger partial charge is 0.316 e. The van der Waals surface area contributed by atoms with Crippen molar-refractivity contribution in [1.82, 2.24) is 14.4 Å². The van der Waals surface area contributed by atoms with Gasteiger partial charge in [-0.1, -0.05) is 42.1 Å². The molecule has 0 radical (unpaired) electrons. The number of hydrogen-bond acceptors (Lipinski definition) is 6. The number of nitrogens with zero attached hydrogens (tertiary/aromatic N) is 1. The average Bonchev–Trinajstić information content (AvgIpc) is 2.60. The maximum absolute atomic E-state index is 11.9. The Morgan fingerprint density at radius 2 is 2.00 bits per heavy atom. The van der Waals surface area contributed by atoms with E-state index in [1.54, 1.807) is 0 Å². The lowest BCUT2D eigenvalue weighted by atomic mass is 10.0. The van der Waals surface area contributed by atoms with Gasteiger partial charge in [0.2, 0.25) is 11.5 Å². The fourth-order valence-corrected chi connectivity index (χ4v) is 3.55. The molecule has 1 heterocycles. The zero-order valence-corrected chi connectivity index (χ0v) is 15.4. The molecule has 0 atom stereocenters. The molecule has 0 fully saturated rings. The Balaban J connectivity index is 2.22. The van der Waals surface area contributed by atoms with Crippen molar-refractivity contribution in [3.63, 3.8) is 0 Å². The fourth-order valence-electron chi connectivity index (χ4n) is 2.14. The predicted octanol–water partition coefficient (Wildman–Crippen LogP) is 0.510. The highest BCUT2D eigenvalue weighted by Crippen LogP contribution is 2.23. The van der Waals surface area contributed by atoms with Crippen LogP contribution in [-0.2, 0) is 21.4 Å². The molecule has 0 saturated carbocycles. The van der Waals surface area contributed by atoms with Crippen LogP contribution in [0.25, 0.3) is 0 Å². The first-order valence-corrected chi connectivity index (χ1v) is 9.88. The van der Waals surface area contributed by atoms with Crippen LogP contribution in [0.3, 0.4) is 0 Å². The fraction of sp³-hybridized carbons (Fsp3) is 0.188. The van der Waals surface area contributed by atoms with E-state index in [0.717, 1.165) is 17.3 Å². The molecule has 136 valence electrons. The number of carbonyl (C=O) groups excluding carboxylic acids is 1. The topological polar surface area (TPSA) is 132 Å². The lowest BCUT2D eigenvalue weighted by Gasteiger charge is -2.09. The summed E-state index contributed by atoms with van der Waals surface area (Å²) in [5.74, 6) is -1.05. The molecular weight excluding hydrogens is 376 g/mol. The third kappa shape index (κ3) is 5.45. The molecule has 0 aliphatic heterocycles. The lowest BCUT2D eigenvalue weighted by molar-refractivity contribution is -0.116. The second-order valence-corrected chi connectivity index (χ2v) is 7.76. The summed E-state index contributed by atoms with van der Waals surface area (Å²) >= 11 is 0.887. The number of amides is 1. The molecule has 0 aliphatic rings. The number of aromatic amines is 1. The van der Waals surface area contributed by atoms with Crippen LogP contribution in [0.1, 0.15) is 16.7 Å². The standard InChI is InChI=1S/C16H16N4O4S2/c1-18-26(23,24)20-15(22)10-25-16-13(9-17)12(8-14(21)19-16)7-11-5-3-2-4-6-11/h2-6,8,18H,7,10H2,1H3,(H,19,21)(H,20,22). The zero-order valence-electron chi connectivity index (χ0n) is 13.8. The number of pyridine rings is 1. The Kier molecular flexibility index (Phi) is 6.57. The average molecular weight is 392 g/mol. The Labute approximate surface area is 154 Å². The van der Waals surface area contributed by atoms with Crippen molar-refractivity contribution in [2.75, 3.05) is 12.8 Å². The van der Waals surface area contributed by atoms with Crippen molar-refractivity contribution < 1.29 is 13.2 Å². The van der Waals surface area contributed by atoms with E-state index in [1.165, 1.54) is 13.1 Å². The van der Waals surface area contributed by atoms with E-state index in [2.05, 4.69) is 4.98 Å². The monoisotopic (exact) mass is 392 g/mol. The van der Waals surface area contributed by atoms with Crippen LogP contribution in [0, 0.1) is 11.3 Å². The molecule has 0 aliphatic carbocycles. The second kappa shape index (κ2) is 8.66. The van der Waals surface area contributed by atoms with Gasteiger partial charge in [0.05, 0.1) is 16.3 Å². The van der Waals surface area contributed by atoms with Crippen molar-refractivity contribution in [3.05, 3.63) is 63.4 Å². The van der Waals surface area contributed by atoms with Gasteiger partial charge in [0.1, 0.15) is 6.07 Å². The molecule has 1 amide bonds. The molecule has 8 nitrogen and oxygen atoms in total. The molecule has 0 bridgehead atoms. The molecule has 2 rings (SSSR count). The first-order valence-electron chi connectivity index (χ1n) is 7.41. The smallest absolute Gasteiger partial charge is 0.301 e. The van der Waals surface area contributed by atoms with E-state index in [-0.39, 0.29) is 16.3 Å². The molecule has 10 heteroatoms. The van der Waals surface area contributed by atoms with Gasteiger partial charge in [-0.25, -0.2) is 9.44 Å². The van der Waals surface area contributed by atoms with E-state index < -0.39 is 21.7 Å². The van der Waals surface area contributed by atoms with Gasteiger partial charge in [-0.2, -0.15) is 13.7 Å². The summed E-state index contributed by atoms with van der Waals surface area (Å²) in [5, 5.41) is 9.69. The van der Waals surface area contributed by atoms with Crippen LogP contribution in [-0.4, -0.2) is 32.1 Å². The molecule has 3 N–H and O–H groups in total. The molecule has 1 aromatic heterocycles. The van der Waals surface area contributed by atoms with Crippen LogP contribution in [0.2, 0.25) is 0 Å². The first-order chi connectivity index (χ1) is 12.3. The molecule has 0 unspecified atom stereocenters. The summed E-state index contributed by atoms with van der Waals surface area (Å²) in [5.41, 5.74) is 1.32. The van der Waals surface area contributed by atoms with Crippen LogP contribution in [0.5, 0.6) is 0 Å². The van der Waals surface area contributed by atoms with Crippen molar-refractivity contribution in [2.45, 2.75) is 11.4 Å². The van der Waals surface area contributed by atoms with Gasteiger partial charge >= 0.3 is 10.2 Å². The second-order valence-electron chi connectivity index (χ2n) is 5.16. The molecular formula is C16H16N4O4S2. The highest BCUT2D eigenvalue weighted by atomic mass is 32.2. The molecule has 26 heavy (non-hydrogen) atoms. The number of thioether (sulfide) groups is 1. The molecule has 2 aromatic rings. The summed E-state index contributed by atoms with van der Waals surface area (Å²) < 4.78 is 26.4. The normalized spacial score (nSPS) is 10.9. The summed E-state index contributed by atoms with van der Waals surface area (Å²) in [4.78, 5) is 26.2. The van der Waals surface area contributed by atoms with Gasteiger partial charge in [0.25, 0.3) is 0 Å². The Hall–Kier alpha value is -2.61. The van der Waals surface area contributed by atoms with E-state index in [9.17, 15) is 23.3 Å². The van der Waals surface area contributed by atoms with E-state index >= 15 is 0 Å². The van der Waals surface area contributed by atoms with Crippen LogP contribution < -0.4 is 15.0 Å². The SMILES string of the molecule is CNS(=O)(=O)NC(=O)CSc1[nH]c(=O)cc(Cc2ccccc2)c1C#N. The van der Waals surface area contributed by atoms with Crippen molar-refractivity contribution >= 4 is 27.9 Å². The third-order valence-corrected chi connectivity index (χ3v) is 5.34. The number of rotatable bonds is 7. The third-order valence-electron chi connectivity index (χ3n) is 3.30. The summed E-state index contributed by atoms with van der Waals surface area (Å²) in [6.45, 7) is 0. The van der Waals surface area contributed by atoms with Gasteiger partial charge in [-0.3, -0.25) is 9.59 Å². The van der Waals surface area contributed by atoms with Gasteiger partial charge in [0, 0.05) is 13.1 Å². The van der Waals surface area contributed by atoms with Gasteiger partial charge in [-0.05, 0) is 17.5 Å². The Bertz CT molecular complexity index is 995. The summed E-state index contributed by atoms with van der Waals surface area (Å²) in [7, 11) is -2.73. The van der Waals surface area contributed by atoms with Crippen LogP contribution in [0.15, 0.2) is 46.2 Å². The number of H-pyrrole nitrogens is 1. The zero-order chi connectivity index (χ0) is 19.2. The number of nitrogens with one attached hydrogen (secondary N) is 3.